The van der Waals surface area contributed by atoms with Gasteiger partial charge in [0.05, 0.1) is 4.70 Å². The quantitative estimate of drug-likeness (QED) is 0.398. The van der Waals surface area contributed by atoms with Gasteiger partial charge in [-0.3, -0.25) is 0 Å². The Morgan fingerprint density at radius 1 is 0.889 bits per heavy atom. The van der Waals surface area contributed by atoms with Gasteiger partial charge >= 0.3 is 0 Å². The Hall–Kier alpha value is -2.72. The molecule has 0 bridgehead atoms. The van der Waals surface area contributed by atoms with Crippen LogP contribution >= 0.6 is 11.3 Å². The molecule has 1 nitrogen and oxygen atoms in total. The van der Waals surface area contributed by atoms with E-state index in [1.807, 2.05) is 18.2 Å². The molecule has 0 aliphatic carbocycles. The fourth-order valence-electron chi connectivity index (χ4n) is 3.24. The van der Waals surface area contributed by atoms with Crippen molar-refractivity contribution >= 4 is 21.4 Å². The molecule has 0 radical (unpaired) electrons. The van der Waals surface area contributed by atoms with Gasteiger partial charge in [0, 0.05) is 10.4 Å². The van der Waals surface area contributed by atoms with E-state index in [-0.39, 0.29) is 5.82 Å². The third-order valence-electron chi connectivity index (χ3n) is 4.67. The molecule has 0 atom stereocenters. The van der Waals surface area contributed by atoms with Gasteiger partial charge in [-0.2, -0.15) is 0 Å². The molecule has 3 aromatic carbocycles. The fraction of sp³-hybridized carbons (Fsp3) is 0.130. The molecule has 0 aliphatic rings. The van der Waals surface area contributed by atoms with Gasteiger partial charge in [-0.1, -0.05) is 43.7 Å². The maximum Gasteiger partial charge on any atom is 0.182 e. The lowest BCUT2D eigenvalue weighted by atomic mass is 10.0. The summed E-state index contributed by atoms with van der Waals surface area (Å²) in [5.41, 5.74) is 3.48. The third kappa shape index (κ3) is 3.33. The highest BCUT2D eigenvalue weighted by Gasteiger charge is 2.14. The lowest BCUT2D eigenvalue weighted by Crippen LogP contribution is -1.86. The van der Waals surface area contributed by atoms with Gasteiger partial charge in [-0.25, -0.2) is 8.78 Å². The van der Waals surface area contributed by atoms with E-state index in [1.54, 1.807) is 18.2 Å². The number of aryl methyl sites for hydroxylation is 1. The van der Waals surface area contributed by atoms with Crippen LogP contribution in [0.1, 0.15) is 18.9 Å². The van der Waals surface area contributed by atoms with Crippen molar-refractivity contribution in [3.05, 3.63) is 77.9 Å². The van der Waals surface area contributed by atoms with Crippen molar-refractivity contribution in [3.8, 4) is 27.3 Å². The number of fused-ring (bicyclic) bond motifs is 1. The van der Waals surface area contributed by atoms with E-state index in [0.29, 0.717) is 20.5 Å². The van der Waals surface area contributed by atoms with E-state index in [9.17, 15) is 13.9 Å². The number of benzene rings is 3. The summed E-state index contributed by atoms with van der Waals surface area (Å²) in [6.45, 7) is 2.14. The SMILES string of the molecule is CCCc1ccc(-c2ccc(-c3cc4ccc(O)c(F)c4s3)c(F)c2)cc1. The van der Waals surface area contributed by atoms with Crippen molar-refractivity contribution < 1.29 is 13.9 Å². The van der Waals surface area contributed by atoms with Crippen molar-refractivity contribution in [3.63, 3.8) is 0 Å². The van der Waals surface area contributed by atoms with Crippen LogP contribution in [0.4, 0.5) is 8.78 Å². The number of phenolic OH excluding ortho intramolecular Hbond substituents is 1. The number of thiophene rings is 1. The Labute approximate surface area is 160 Å². The molecule has 0 saturated heterocycles. The van der Waals surface area contributed by atoms with Gasteiger partial charge in [0.2, 0.25) is 0 Å². The average Bonchev–Trinajstić information content (AvgIpc) is 3.10. The first-order valence-corrected chi connectivity index (χ1v) is 9.68. The molecule has 4 rings (SSSR count). The Balaban J connectivity index is 1.70. The largest absolute Gasteiger partial charge is 0.505 e. The topological polar surface area (TPSA) is 20.2 Å². The van der Waals surface area contributed by atoms with Gasteiger partial charge in [-0.15, -0.1) is 11.3 Å². The molecule has 1 heterocycles. The highest BCUT2D eigenvalue weighted by Crippen LogP contribution is 2.39. The summed E-state index contributed by atoms with van der Waals surface area (Å²) in [4.78, 5) is 0.636. The van der Waals surface area contributed by atoms with Gasteiger partial charge in [0.25, 0.3) is 0 Å². The zero-order valence-electron chi connectivity index (χ0n) is 14.8. The van der Waals surface area contributed by atoms with Crippen LogP contribution in [0.3, 0.4) is 0 Å². The van der Waals surface area contributed by atoms with E-state index in [1.165, 1.54) is 17.7 Å². The minimum atomic E-state index is -0.659. The molecule has 0 saturated carbocycles. The summed E-state index contributed by atoms with van der Waals surface area (Å²) < 4.78 is 29.2. The zero-order valence-corrected chi connectivity index (χ0v) is 15.6. The van der Waals surface area contributed by atoms with Crippen molar-refractivity contribution in [1.29, 1.82) is 0 Å². The second kappa shape index (κ2) is 7.12. The molecule has 27 heavy (non-hydrogen) atoms. The number of aromatic hydroxyl groups is 1. The maximum atomic E-state index is 14.8. The summed E-state index contributed by atoms with van der Waals surface area (Å²) in [7, 11) is 0. The van der Waals surface area contributed by atoms with Crippen molar-refractivity contribution in [2.75, 3.05) is 0 Å². The van der Waals surface area contributed by atoms with Gasteiger partial charge in [-0.05, 0) is 58.8 Å². The number of hydrogen-bond acceptors (Lipinski definition) is 2. The normalized spacial score (nSPS) is 11.2. The van der Waals surface area contributed by atoms with Crippen molar-refractivity contribution in [2.45, 2.75) is 19.8 Å². The lowest BCUT2D eigenvalue weighted by molar-refractivity contribution is 0.436. The molecular weight excluding hydrogens is 362 g/mol. The second-order valence-corrected chi connectivity index (χ2v) is 7.62. The van der Waals surface area contributed by atoms with Crippen molar-refractivity contribution in [2.24, 2.45) is 0 Å². The summed E-state index contributed by atoms with van der Waals surface area (Å²) in [6, 6.07) is 18.0. The lowest BCUT2D eigenvalue weighted by Gasteiger charge is -2.06. The Morgan fingerprint density at radius 2 is 1.63 bits per heavy atom. The van der Waals surface area contributed by atoms with Crippen LogP contribution in [0.25, 0.3) is 31.7 Å². The summed E-state index contributed by atoms with van der Waals surface area (Å²) in [5, 5.41) is 10.2. The highest BCUT2D eigenvalue weighted by molar-refractivity contribution is 7.22. The van der Waals surface area contributed by atoms with E-state index in [4.69, 9.17) is 0 Å². The minimum absolute atomic E-state index is 0.333. The number of rotatable bonds is 4. The predicted molar refractivity (Wildman–Crippen MR) is 108 cm³/mol. The van der Waals surface area contributed by atoms with Crippen molar-refractivity contribution in [1.82, 2.24) is 0 Å². The van der Waals surface area contributed by atoms with E-state index < -0.39 is 11.6 Å². The Morgan fingerprint density at radius 3 is 2.33 bits per heavy atom. The van der Waals surface area contributed by atoms with Gasteiger partial charge in [0.1, 0.15) is 5.82 Å². The minimum Gasteiger partial charge on any atom is -0.505 e. The first kappa shape index (κ1) is 17.7. The summed E-state index contributed by atoms with van der Waals surface area (Å²) in [6.07, 6.45) is 2.13. The highest BCUT2D eigenvalue weighted by atomic mass is 32.1. The molecule has 0 aliphatic heterocycles. The standard InChI is InChI=1S/C23H18F2OS/c1-2-3-14-4-6-15(7-5-14)16-8-10-18(19(24)12-16)21-13-17-9-11-20(26)22(25)23(17)27-21/h4-13,26H,2-3H2,1H3. The van der Waals surface area contributed by atoms with Crippen LogP contribution in [0, 0.1) is 11.6 Å². The van der Waals surface area contributed by atoms with Gasteiger partial charge in [0.15, 0.2) is 11.6 Å². The third-order valence-corrected chi connectivity index (χ3v) is 5.84. The first-order chi connectivity index (χ1) is 13.1. The molecule has 0 unspecified atom stereocenters. The summed E-state index contributed by atoms with van der Waals surface area (Å²) >= 11 is 1.14. The van der Waals surface area contributed by atoms with Crippen LogP contribution < -0.4 is 0 Å². The Kier molecular flexibility index (Phi) is 4.66. The molecule has 136 valence electrons. The monoisotopic (exact) mass is 380 g/mol. The first-order valence-electron chi connectivity index (χ1n) is 8.87. The number of hydrogen-bond donors (Lipinski definition) is 1. The van der Waals surface area contributed by atoms with Crippen LogP contribution in [-0.4, -0.2) is 5.11 Å². The number of halogens is 2. The van der Waals surface area contributed by atoms with Crippen LogP contribution in [-0.2, 0) is 6.42 Å². The average molecular weight is 380 g/mol. The molecule has 0 fully saturated rings. The van der Waals surface area contributed by atoms with Crippen LogP contribution in [0.15, 0.2) is 60.7 Å². The number of phenols is 1. The van der Waals surface area contributed by atoms with E-state index in [2.05, 4.69) is 19.1 Å². The Bertz CT molecular complexity index is 1110. The fourth-order valence-corrected chi connectivity index (χ4v) is 4.36. The van der Waals surface area contributed by atoms with E-state index in [0.717, 1.165) is 35.3 Å². The molecule has 4 aromatic rings. The van der Waals surface area contributed by atoms with E-state index >= 15 is 0 Å². The smallest absolute Gasteiger partial charge is 0.182 e. The van der Waals surface area contributed by atoms with Gasteiger partial charge < -0.3 is 5.11 Å². The van der Waals surface area contributed by atoms with Crippen LogP contribution in [0.2, 0.25) is 0 Å². The molecule has 0 amide bonds. The molecule has 4 heteroatoms. The zero-order chi connectivity index (χ0) is 19.0. The predicted octanol–water partition coefficient (Wildman–Crippen LogP) is 7.17. The maximum absolute atomic E-state index is 14.8. The second-order valence-electron chi connectivity index (χ2n) is 6.57. The molecule has 1 aromatic heterocycles. The summed E-state index contributed by atoms with van der Waals surface area (Å²) in [5.74, 6) is -1.40. The molecule has 0 spiro atoms. The molecular formula is C23H18F2OS. The van der Waals surface area contributed by atoms with Crippen LogP contribution in [0.5, 0.6) is 5.75 Å². The molecule has 1 N–H and O–H groups in total.